The van der Waals surface area contributed by atoms with E-state index in [0.29, 0.717) is 29.8 Å². The fraction of sp³-hybridized carbons (Fsp3) is 0.452. The Balaban J connectivity index is 1.59. The highest BCUT2D eigenvalue weighted by Gasteiger charge is 2.25. The number of hydrogen-bond acceptors (Lipinski definition) is 5. The van der Waals surface area contributed by atoms with E-state index in [1.54, 1.807) is 20.8 Å². The molecule has 3 rings (SSSR count). The number of aliphatic hydroxyl groups is 1. The average Bonchev–Trinajstić information content (AvgIpc) is 2.87. The minimum Gasteiger partial charge on any atom is -0.504 e. The summed E-state index contributed by atoms with van der Waals surface area (Å²) in [7, 11) is 0. The number of hydrogen-bond donors (Lipinski definition) is 3. The van der Waals surface area contributed by atoms with Crippen molar-refractivity contribution in [3.63, 3.8) is 0 Å². The van der Waals surface area contributed by atoms with Crippen molar-refractivity contribution < 1.29 is 15.0 Å². The van der Waals surface area contributed by atoms with E-state index in [2.05, 4.69) is 58.6 Å². The zero-order chi connectivity index (χ0) is 27.0. The van der Waals surface area contributed by atoms with E-state index in [4.69, 9.17) is 0 Å². The Labute approximate surface area is 221 Å². The third-order valence-corrected chi connectivity index (χ3v) is 6.92. The summed E-state index contributed by atoms with van der Waals surface area (Å²) in [4.78, 5) is 21.4. The van der Waals surface area contributed by atoms with Crippen LogP contribution in [-0.4, -0.2) is 38.2 Å². The van der Waals surface area contributed by atoms with Gasteiger partial charge in [0.05, 0.1) is 11.3 Å². The number of nitrogens with one attached hydrogen (secondary N) is 1. The highest BCUT2D eigenvalue weighted by atomic mass is 16.3. The van der Waals surface area contributed by atoms with Crippen molar-refractivity contribution in [2.75, 3.05) is 6.54 Å². The molecule has 198 valence electrons. The first kappa shape index (κ1) is 28.3. The lowest BCUT2D eigenvalue weighted by Crippen LogP contribution is -2.38. The largest absolute Gasteiger partial charge is 0.504 e. The summed E-state index contributed by atoms with van der Waals surface area (Å²) in [6.45, 7) is 9.11. The van der Waals surface area contributed by atoms with Gasteiger partial charge in [-0.15, -0.1) is 0 Å². The first-order valence-electron chi connectivity index (χ1n) is 13.2. The van der Waals surface area contributed by atoms with Gasteiger partial charge in [-0.1, -0.05) is 54.6 Å². The summed E-state index contributed by atoms with van der Waals surface area (Å²) in [5, 5.41) is 22.9. The predicted molar refractivity (Wildman–Crippen MR) is 150 cm³/mol. The SMILES string of the molecule is C\C=C/C=C\C=C(/C)c1ccc(C2CCC(Cc3nc(C)c(O)c(C(=O)NCC(C)(C)O)n3)CC2)cc1. The molecule has 1 aromatic carbocycles. The van der Waals surface area contributed by atoms with Crippen molar-refractivity contribution in [3.05, 3.63) is 83.0 Å². The molecule has 0 spiro atoms. The molecule has 1 amide bonds. The standard InChI is InChI=1S/C31H41N3O3/c1-6-7-8-9-10-21(2)24-15-17-26(18-16-24)25-13-11-23(12-14-25)19-27-33-22(3)29(35)28(34-27)30(36)32-20-31(4,5)37/h6-10,15-18,23,25,35,37H,11-14,19-20H2,1-5H3,(H,32,36)/b7-6-,9-8-,21-10+. The number of allylic oxidation sites excluding steroid dienone is 6. The normalized spacial score (nSPS) is 19.0. The summed E-state index contributed by atoms with van der Waals surface area (Å²) >= 11 is 0. The Morgan fingerprint density at radius 2 is 1.76 bits per heavy atom. The topological polar surface area (TPSA) is 95.3 Å². The van der Waals surface area contributed by atoms with Gasteiger partial charge in [-0.25, -0.2) is 9.97 Å². The number of carbonyl (C=O) groups is 1. The molecule has 0 saturated heterocycles. The number of aromatic nitrogens is 2. The van der Waals surface area contributed by atoms with Gasteiger partial charge < -0.3 is 15.5 Å². The fourth-order valence-corrected chi connectivity index (χ4v) is 4.70. The van der Waals surface area contributed by atoms with Crippen LogP contribution >= 0.6 is 0 Å². The van der Waals surface area contributed by atoms with Crippen molar-refractivity contribution in [1.82, 2.24) is 15.3 Å². The van der Waals surface area contributed by atoms with E-state index in [0.717, 1.165) is 25.7 Å². The number of aryl methyl sites for hydroxylation is 1. The van der Waals surface area contributed by atoms with Crippen LogP contribution in [0.4, 0.5) is 0 Å². The molecule has 1 saturated carbocycles. The molecular formula is C31H41N3O3. The molecule has 37 heavy (non-hydrogen) atoms. The van der Waals surface area contributed by atoms with E-state index in [9.17, 15) is 15.0 Å². The minimum atomic E-state index is -1.05. The first-order valence-corrected chi connectivity index (χ1v) is 13.2. The quantitative estimate of drug-likeness (QED) is 0.363. The Hall–Kier alpha value is -3.25. The number of amides is 1. The van der Waals surface area contributed by atoms with Gasteiger partial charge in [-0.3, -0.25) is 4.79 Å². The molecule has 3 N–H and O–H groups in total. The fourth-order valence-electron chi connectivity index (χ4n) is 4.70. The molecule has 6 nitrogen and oxygen atoms in total. The van der Waals surface area contributed by atoms with Crippen molar-refractivity contribution in [2.24, 2.45) is 5.92 Å². The van der Waals surface area contributed by atoms with Crippen LogP contribution in [0.3, 0.4) is 0 Å². The van der Waals surface area contributed by atoms with Crippen LogP contribution in [0.15, 0.2) is 54.6 Å². The Morgan fingerprint density at radius 1 is 1.08 bits per heavy atom. The van der Waals surface area contributed by atoms with Crippen LogP contribution < -0.4 is 5.32 Å². The van der Waals surface area contributed by atoms with E-state index in [-0.39, 0.29) is 18.0 Å². The maximum absolute atomic E-state index is 12.6. The molecular weight excluding hydrogens is 462 g/mol. The van der Waals surface area contributed by atoms with Crippen molar-refractivity contribution in [3.8, 4) is 5.75 Å². The smallest absolute Gasteiger partial charge is 0.273 e. The molecule has 1 heterocycles. The zero-order valence-electron chi connectivity index (χ0n) is 22.8. The summed E-state index contributed by atoms with van der Waals surface area (Å²) < 4.78 is 0. The van der Waals surface area contributed by atoms with Gasteiger partial charge in [0.15, 0.2) is 11.4 Å². The second kappa shape index (κ2) is 12.8. The van der Waals surface area contributed by atoms with Gasteiger partial charge in [-0.2, -0.15) is 0 Å². The second-order valence-electron chi connectivity index (χ2n) is 10.7. The lowest BCUT2D eigenvalue weighted by atomic mass is 9.77. The summed E-state index contributed by atoms with van der Waals surface area (Å²) in [6.07, 6.45) is 15.3. The van der Waals surface area contributed by atoms with E-state index in [1.807, 2.05) is 25.2 Å². The summed E-state index contributed by atoms with van der Waals surface area (Å²) in [6, 6.07) is 8.96. The van der Waals surface area contributed by atoms with Gasteiger partial charge in [0.1, 0.15) is 5.82 Å². The highest BCUT2D eigenvalue weighted by Crippen LogP contribution is 2.37. The Bertz CT molecular complexity index is 1150. The molecule has 1 aromatic heterocycles. The van der Waals surface area contributed by atoms with Crippen LogP contribution in [0, 0.1) is 12.8 Å². The van der Waals surface area contributed by atoms with Gasteiger partial charge >= 0.3 is 0 Å². The third kappa shape index (κ3) is 8.39. The molecule has 6 heteroatoms. The van der Waals surface area contributed by atoms with Crippen molar-refractivity contribution in [2.45, 2.75) is 78.2 Å². The third-order valence-electron chi connectivity index (χ3n) is 6.92. The lowest BCUT2D eigenvalue weighted by Gasteiger charge is -2.28. The highest BCUT2D eigenvalue weighted by molar-refractivity contribution is 5.95. The van der Waals surface area contributed by atoms with Crippen LogP contribution in [0.25, 0.3) is 5.57 Å². The molecule has 1 aliphatic rings. The summed E-state index contributed by atoms with van der Waals surface area (Å²) in [5.41, 5.74) is 3.20. The van der Waals surface area contributed by atoms with Crippen LogP contribution in [0.1, 0.15) is 92.4 Å². The van der Waals surface area contributed by atoms with Crippen LogP contribution in [0.5, 0.6) is 5.75 Å². The van der Waals surface area contributed by atoms with Crippen LogP contribution in [0.2, 0.25) is 0 Å². The summed E-state index contributed by atoms with van der Waals surface area (Å²) in [5.74, 6) is 0.874. The predicted octanol–water partition coefficient (Wildman–Crippen LogP) is 6.04. The molecule has 0 unspecified atom stereocenters. The zero-order valence-corrected chi connectivity index (χ0v) is 22.8. The number of carbonyl (C=O) groups excluding carboxylic acids is 1. The number of aromatic hydroxyl groups is 1. The number of rotatable bonds is 9. The molecule has 2 aromatic rings. The first-order chi connectivity index (χ1) is 17.6. The molecule has 1 aliphatic carbocycles. The average molecular weight is 504 g/mol. The van der Waals surface area contributed by atoms with Crippen molar-refractivity contribution in [1.29, 1.82) is 0 Å². The van der Waals surface area contributed by atoms with E-state index in [1.165, 1.54) is 16.7 Å². The second-order valence-corrected chi connectivity index (χ2v) is 10.7. The van der Waals surface area contributed by atoms with Gasteiger partial charge in [0.25, 0.3) is 5.91 Å². The van der Waals surface area contributed by atoms with E-state index < -0.39 is 11.5 Å². The molecule has 1 fully saturated rings. The molecule has 0 atom stereocenters. The Kier molecular flexibility index (Phi) is 9.81. The maximum Gasteiger partial charge on any atom is 0.273 e. The molecule has 0 aliphatic heterocycles. The van der Waals surface area contributed by atoms with Crippen molar-refractivity contribution >= 4 is 11.5 Å². The number of nitrogens with zero attached hydrogens (tertiary/aromatic N) is 2. The monoisotopic (exact) mass is 503 g/mol. The maximum atomic E-state index is 12.6. The van der Waals surface area contributed by atoms with Gasteiger partial charge in [0.2, 0.25) is 0 Å². The van der Waals surface area contributed by atoms with Gasteiger partial charge in [-0.05, 0) is 88.8 Å². The van der Waals surface area contributed by atoms with Crippen LogP contribution in [-0.2, 0) is 6.42 Å². The number of benzene rings is 1. The minimum absolute atomic E-state index is 0.0258. The molecule has 0 radical (unpaired) electrons. The Morgan fingerprint density at radius 3 is 2.38 bits per heavy atom. The lowest BCUT2D eigenvalue weighted by molar-refractivity contribution is 0.0690. The van der Waals surface area contributed by atoms with E-state index >= 15 is 0 Å². The molecule has 0 bridgehead atoms. The van der Waals surface area contributed by atoms with Gasteiger partial charge in [0, 0.05) is 13.0 Å².